The third kappa shape index (κ3) is 1.04. The SMILES string of the molecule is COc1ccc(C)c2c(N)c[nH]c12. The number of nitrogens with two attached hydrogens (primary N) is 1. The number of aryl methyl sites for hydroxylation is 1. The van der Waals surface area contributed by atoms with Gasteiger partial charge in [-0.2, -0.15) is 0 Å². The summed E-state index contributed by atoms with van der Waals surface area (Å²) < 4.78 is 5.21. The summed E-state index contributed by atoms with van der Waals surface area (Å²) in [7, 11) is 1.65. The Morgan fingerprint density at radius 2 is 2.15 bits per heavy atom. The van der Waals surface area contributed by atoms with Crippen molar-refractivity contribution in [2.75, 3.05) is 12.8 Å². The van der Waals surface area contributed by atoms with Crippen LogP contribution in [0.25, 0.3) is 10.9 Å². The van der Waals surface area contributed by atoms with Gasteiger partial charge in [0.25, 0.3) is 0 Å². The monoisotopic (exact) mass is 176 g/mol. The van der Waals surface area contributed by atoms with E-state index in [0.717, 1.165) is 27.9 Å². The van der Waals surface area contributed by atoms with Crippen LogP contribution in [0.3, 0.4) is 0 Å². The van der Waals surface area contributed by atoms with E-state index < -0.39 is 0 Å². The number of nitrogen functional groups attached to an aromatic ring is 1. The molecule has 0 saturated carbocycles. The molecule has 13 heavy (non-hydrogen) atoms. The van der Waals surface area contributed by atoms with Crippen LogP contribution >= 0.6 is 0 Å². The van der Waals surface area contributed by atoms with Gasteiger partial charge in [-0.15, -0.1) is 0 Å². The zero-order chi connectivity index (χ0) is 9.42. The lowest BCUT2D eigenvalue weighted by Crippen LogP contribution is -1.87. The molecule has 2 rings (SSSR count). The van der Waals surface area contributed by atoms with Crippen molar-refractivity contribution in [3.05, 3.63) is 23.9 Å². The van der Waals surface area contributed by atoms with Crippen LogP contribution in [0.2, 0.25) is 0 Å². The summed E-state index contributed by atoms with van der Waals surface area (Å²) in [5, 5.41) is 1.05. The van der Waals surface area contributed by atoms with E-state index in [-0.39, 0.29) is 0 Å². The maximum absolute atomic E-state index is 5.81. The van der Waals surface area contributed by atoms with Gasteiger partial charge in [-0.25, -0.2) is 0 Å². The molecule has 0 aliphatic rings. The van der Waals surface area contributed by atoms with E-state index in [2.05, 4.69) is 4.98 Å². The van der Waals surface area contributed by atoms with Crippen LogP contribution in [-0.4, -0.2) is 12.1 Å². The average Bonchev–Trinajstić information content (AvgIpc) is 2.50. The lowest BCUT2D eigenvalue weighted by Gasteiger charge is -2.03. The van der Waals surface area contributed by atoms with Gasteiger partial charge in [0, 0.05) is 11.6 Å². The van der Waals surface area contributed by atoms with Crippen molar-refractivity contribution in [1.82, 2.24) is 4.98 Å². The first-order valence-corrected chi connectivity index (χ1v) is 4.14. The number of H-pyrrole nitrogens is 1. The van der Waals surface area contributed by atoms with Gasteiger partial charge in [-0.1, -0.05) is 6.07 Å². The largest absolute Gasteiger partial charge is 0.495 e. The number of rotatable bonds is 1. The van der Waals surface area contributed by atoms with Crippen LogP contribution in [0.5, 0.6) is 5.75 Å². The summed E-state index contributed by atoms with van der Waals surface area (Å²) in [5.41, 5.74) is 8.72. The maximum atomic E-state index is 5.81. The summed E-state index contributed by atoms with van der Waals surface area (Å²) in [6.45, 7) is 2.03. The molecule has 2 aromatic rings. The fourth-order valence-electron chi connectivity index (χ4n) is 1.60. The van der Waals surface area contributed by atoms with Gasteiger partial charge in [-0.05, 0) is 18.6 Å². The lowest BCUT2D eigenvalue weighted by atomic mass is 10.1. The molecule has 3 N–H and O–H groups in total. The van der Waals surface area contributed by atoms with Crippen molar-refractivity contribution < 1.29 is 4.74 Å². The first-order chi connectivity index (χ1) is 6.24. The van der Waals surface area contributed by atoms with Crippen molar-refractivity contribution in [3.8, 4) is 5.75 Å². The average molecular weight is 176 g/mol. The third-order valence-electron chi connectivity index (χ3n) is 2.26. The molecule has 0 radical (unpaired) electrons. The highest BCUT2D eigenvalue weighted by Crippen LogP contribution is 2.31. The Morgan fingerprint density at radius 1 is 1.38 bits per heavy atom. The quantitative estimate of drug-likeness (QED) is 0.698. The van der Waals surface area contributed by atoms with Crippen molar-refractivity contribution >= 4 is 16.6 Å². The zero-order valence-electron chi connectivity index (χ0n) is 7.72. The van der Waals surface area contributed by atoms with Crippen molar-refractivity contribution in [2.45, 2.75) is 6.92 Å². The van der Waals surface area contributed by atoms with E-state index in [4.69, 9.17) is 10.5 Å². The summed E-state index contributed by atoms with van der Waals surface area (Å²) in [6.07, 6.45) is 1.79. The number of aromatic nitrogens is 1. The maximum Gasteiger partial charge on any atom is 0.143 e. The van der Waals surface area contributed by atoms with Crippen LogP contribution in [0, 0.1) is 6.92 Å². The van der Waals surface area contributed by atoms with Crippen LogP contribution in [-0.2, 0) is 0 Å². The van der Waals surface area contributed by atoms with Gasteiger partial charge >= 0.3 is 0 Å². The first-order valence-electron chi connectivity index (χ1n) is 4.14. The second kappa shape index (κ2) is 2.69. The lowest BCUT2D eigenvalue weighted by molar-refractivity contribution is 0.419. The number of methoxy groups -OCH3 is 1. The summed E-state index contributed by atoms with van der Waals surface area (Å²) >= 11 is 0. The van der Waals surface area contributed by atoms with Crippen molar-refractivity contribution in [2.24, 2.45) is 0 Å². The molecular formula is C10H12N2O. The van der Waals surface area contributed by atoms with Gasteiger partial charge in [0.1, 0.15) is 5.75 Å². The molecule has 0 fully saturated rings. The highest BCUT2D eigenvalue weighted by Gasteiger charge is 2.07. The number of hydrogen-bond acceptors (Lipinski definition) is 2. The molecular weight excluding hydrogens is 164 g/mol. The van der Waals surface area contributed by atoms with Crippen LogP contribution in [0.1, 0.15) is 5.56 Å². The van der Waals surface area contributed by atoms with Crippen LogP contribution < -0.4 is 10.5 Å². The summed E-state index contributed by atoms with van der Waals surface area (Å²) in [5.74, 6) is 0.831. The minimum absolute atomic E-state index is 0.770. The van der Waals surface area contributed by atoms with E-state index >= 15 is 0 Å². The molecule has 0 atom stereocenters. The Morgan fingerprint density at radius 3 is 2.85 bits per heavy atom. The molecule has 0 bridgehead atoms. The smallest absolute Gasteiger partial charge is 0.143 e. The van der Waals surface area contributed by atoms with Gasteiger partial charge in [-0.3, -0.25) is 0 Å². The Labute approximate surface area is 76.5 Å². The number of ether oxygens (including phenoxy) is 1. The van der Waals surface area contributed by atoms with Gasteiger partial charge in [0.2, 0.25) is 0 Å². The fourth-order valence-corrected chi connectivity index (χ4v) is 1.60. The predicted octanol–water partition coefficient (Wildman–Crippen LogP) is 2.07. The first kappa shape index (κ1) is 7.98. The van der Waals surface area contributed by atoms with Crippen LogP contribution in [0.15, 0.2) is 18.3 Å². The molecule has 0 unspecified atom stereocenters. The highest BCUT2D eigenvalue weighted by molar-refractivity contribution is 5.97. The number of nitrogens with one attached hydrogen (secondary N) is 1. The number of fused-ring (bicyclic) bond motifs is 1. The number of benzene rings is 1. The second-order valence-electron chi connectivity index (χ2n) is 3.08. The molecule has 0 saturated heterocycles. The minimum atomic E-state index is 0.770. The molecule has 1 aromatic carbocycles. The number of hydrogen-bond donors (Lipinski definition) is 2. The van der Waals surface area contributed by atoms with Gasteiger partial charge in [0.15, 0.2) is 0 Å². The van der Waals surface area contributed by atoms with E-state index in [9.17, 15) is 0 Å². The topological polar surface area (TPSA) is 51.0 Å². The van der Waals surface area contributed by atoms with Crippen molar-refractivity contribution in [3.63, 3.8) is 0 Å². The number of aromatic amines is 1. The molecule has 0 amide bonds. The number of anilines is 1. The van der Waals surface area contributed by atoms with E-state index in [1.807, 2.05) is 19.1 Å². The Bertz CT molecular complexity index is 445. The predicted molar refractivity (Wildman–Crippen MR) is 54.0 cm³/mol. The molecule has 1 aromatic heterocycles. The Kier molecular flexibility index (Phi) is 1.65. The fraction of sp³-hybridized carbons (Fsp3) is 0.200. The molecule has 1 heterocycles. The standard InChI is InChI=1S/C10H12N2O/c1-6-3-4-8(13-2)10-9(6)7(11)5-12-10/h3-5,12H,11H2,1-2H3. The highest BCUT2D eigenvalue weighted by atomic mass is 16.5. The van der Waals surface area contributed by atoms with E-state index in [1.54, 1.807) is 13.3 Å². The zero-order valence-corrected chi connectivity index (χ0v) is 7.72. The normalized spacial score (nSPS) is 10.6. The van der Waals surface area contributed by atoms with E-state index in [0.29, 0.717) is 0 Å². The van der Waals surface area contributed by atoms with Gasteiger partial charge in [0.05, 0.1) is 18.3 Å². The van der Waals surface area contributed by atoms with Crippen LogP contribution in [0.4, 0.5) is 5.69 Å². The van der Waals surface area contributed by atoms with Gasteiger partial charge < -0.3 is 15.5 Å². The molecule has 3 heteroatoms. The molecule has 68 valence electrons. The molecule has 0 aliphatic heterocycles. The third-order valence-corrected chi connectivity index (χ3v) is 2.26. The molecule has 3 nitrogen and oxygen atoms in total. The Hall–Kier alpha value is -1.64. The van der Waals surface area contributed by atoms with E-state index in [1.165, 1.54) is 0 Å². The second-order valence-corrected chi connectivity index (χ2v) is 3.08. The van der Waals surface area contributed by atoms with Crippen molar-refractivity contribution in [1.29, 1.82) is 0 Å². The molecule has 0 aliphatic carbocycles. The summed E-state index contributed by atoms with van der Waals surface area (Å²) in [6, 6.07) is 3.94. The molecule has 0 spiro atoms. The minimum Gasteiger partial charge on any atom is -0.495 e. The summed E-state index contributed by atoms with van der Waals surface area (Å²) in [4.78, 5) is 3.10. The Balaban J connectivity index is 2.87.